The lowest BCUT2D eigenvalue weighted by Crippen LogP contribution is -2.45. The molecule has 0 aliphatic carbocycles. The van der Waals surface area contributed by atoms with Crippen molar-refractivity contribution in [1.82, 2.24) is 20.6 Å². The molecule has 2 heterocycles. The first-order valence-corrected chi connectivity index (χ1v) is 11.0. The number of hydrogen-bond acceptors (Lipinski definition) is 7. The minimum absolute atomic E-state index is 0.0486. The van der Waals surface area contributed by atoms with Crippen LogP contribution in [0.1, 0.15) is 0 Å². The lowest BCUT2D eigenvalue weighted by molar-refractivity contribution is -0.117. The third-order valence-corrected chi connectivity index (χ3v) is 6.23. The second-order valence-corrected chi connectivity index (χ2v) is 8.24. The number of ether oxygens (including phenoxy) is 2. The van der Waals surface area contributed by atoms with E-state index in [9.17, 15) is 4.79 Å². The van der Waals surface area contributed by atoms with Crippen LogP contribution in [-0.4, -0.2) is 55.3 Å². The number of benzene rings is 2. The summed E-state index contributed by atoms with van der Waals surface area (Å²) in [6, 6.07) is 7.18. The number of halogens is 2. The zero-order valence-corrected chi connectivity index (χ0v) is 19.6. The summed E-state index contributed by atoms with van der Waals surface area (Å²) in [5.41, 5.74) is 2.14. The van der Waals surface area contributed by atoms with Crippen molar-refractivity contribution in [3.05, 3.63) is 53.2 Å². The minimum atomic E-state index is -0.214. The highest BCUT2D eigenvalue weighted by Gasteiger charge is 2.28. The van der Waals surface area contributed by atoms with Crippen molar-refractivity contribution in [3.8, 4) is 22.6 Å². The van der Waals surface area contributed by atoms with Crippen molar-refractivity contribution < 1.29 is 14.3 Å². The number of fused-ring (bicyclic) bond motifs is 1. The molecule has 33 heavy (non-hydrogen) atoms. The molecule has 2 atom stereocenters. The number of amides is 1. The zero-order valence-electron chi connectivity index (χ0n) is 18.1. The first-order valence-electron chi connectivity index (χ1n) is 10.2. The molecule has 8 nitrogen and oxygen atoms in total. The third-order valence-electron chi connectivity index (χ3n) is 5.48. The smallest absolute Gasteiger partial charge is 0.243 e. The van der Waals surface area contributed by atoms with Gasteiger partial charge >= 0.3 is 0 Å². The Hall–Kier alpha value is -3.07. The molecule has 0 spiro atoms. The number of hydrogen-bond donors (Lipinski definition) is 3. The van der Waals surface area contributed by atoms with Crippen LogP contribution in [0.3, 0.4) is 0 Å². The van der Waals surface area contributed by atoms with Crippen LogP contribution in [0.4, 0.5) is 5.95 Å². The molecule has 10 heteroatoms. The van der Waals surface area contributed by atoms with E-state index in [1.165, 1.54) is 20.3 Å². The van der Waals surface area contributed by atoms with E-state index in [0.29, 0.717) is 46.1 Å². The second-order valence-electron chi connectivity index (χ2n) is 7.48. The molecule has 0 bridgehead atoms. The van der Waals surface area contributed by atoms with Gasteiger partial charge < -0.3 is 25.4 Å². The van der Waals surface area contributed by atoms with E-state index in [-0.39, 0.29) is 18.0 Å². The van der Waals surface area contributed by atoms with Crippen LogP contribution in [0.5, 0.6) is 11.5 Å². The molecule has 3 aromatic rings. The summed E-state index contributed by atoms with van der Waals surface area (Å²) in [5.74, 6) is 1.19. The number of anilines is 1. The van der Waals surface area contributed by atoms with Gasteiger partial charge in [-0.1, -0.05) is 35.8 Å². The molecule has 4 rings (SSSR count). The maximum absolute atomic E-state index is 11.7. The summed E-state index contributed by atoms with van der Waals surface area (Å²) in [7, 11) is 3.07. The maximum atomic E-state index is 11.7. The van der Waals surface area contributed by atoms with Crippen molar-refractivity contribution in [2.24, 2.45) is 0 Å². The van der Waals surface area contributed by atoms with E-state index in [1.807, 2.05) is 18.2 Å². The van der Waals surface area contributed by atoms with Gasteiger partial charge in [-0.25, -0.2) is 9.97 Å². The van der Waals surface area contributed by atoms with Crippen molar-refractivity contribution in [3.63, 3.8) is 0 Å². The highest BCUT2D eigenvalue weighted by Crippen LogP contribution is 2.46. The maximum Gasteiger partial charge on any atom is 0.243 e. The minimum Gasteiger partial charge on any atom is -0.495 e. The SMILES string of the molecule is C=CC(=O)NC1CNCC1Nc1ncc2cc(-c3c(Cl)c(OC)cc(OC)c3Cl)ccc2n1. The van der Waals surface area contributed by atoms with Gasteiger partial charge in [-0.3, -0.25) is 4.79 Å². The lowest BCUT2D eigenvalue weighted by atomic mass is 10.0. The van der Waals surface area contributed by atoms with Crippen LogP contribution in [0, 0.1) is 0 Å². The molecule has 1 fully saturated rings. The van der Waals surface area contributed by atoms with Gasteiger partial charge in [-0.15, -0.1) is 0 Å². The number of carbonyl (C=O) groups is 1. The van der Waals surface area contributed by atoms with Gasteiger partial charge in [0.05, 0.1) is 41.9 Å². The molecule has 0 radical (unpaired) electrons. The zero-order chi connectivity index (χ0) is 23.5. The number of methoxy groups -OCH3 is 2. The lowest BCUT2D eigenvalue weighted by Gasteiger charge is -2.20. The van der Waals surface area contributed by atoms with Gasteiger partial charge in [0.25, 0.3) is 0 Å². The van der Waals surface area contributed by atoms with E-state index < -0.39 is 0 Å². The average molecular weight is 488 g/mol. The van der Waals surface area contributed by atoms with E-state index in [0.717, 1.165) is 16.5 Å². The molecule has 2 unspecified atom stereocenters. The van der Waals surface area contributed by atoms with Gasteiger partial charge in [0.1, 0.15) is 11.5 Å². The van der Waals surface area contributed by atoms with Crippen molar-refractivity contribution >= 4 is 46.0 Å². The molecule has 1 amide bonds. The summed E-state index contributed by atoms with van der Waals surface area (Å²) >= 11 is 13.1. The Labute approximate surface area is 201 Å². The van der Waals surface area contributed by atoms with Crippen LogP contribution < -0.4 is 25.4 Å². The predicted octanol–water partition coefficient (Wildman–Crippen LogP) is 3.68. The number of rotatable bonds is 7. The number of nitrogens with one attached hydrogen (secondary N) is 3. The number of nitrogens with zero attached hydrogens (tertiary/aromatic N) is 2. The van der Waals surface area contributed by atoms with E-state index in [4.69, 9.17) is 32.7 Å². The molecule has 1 aromatic heterocycles. The monoisotopic (exact) mass is 487 g/mol. The Morgan fingerprint density at radius 3 is 2.52 bits per heavy atom. The first-order chi connectivity index (χ1) is 15.9. The van der Waals surface area contributed by atoms with Gasteiger partial charge in [-0.05, 0) is 23.8 Å². The summed E-state index contributed by atoms with van der Waals surface area (Å²) in [6.45, 7) is 4.83. The van der Waals surface area contributed by atoms with Gasteiger partial charge in [0.2, 0.25) is 11.9 Å². The quantitative estimate of drug-likeness (QED) is 0.437. The Balaban J connectivity index is 1.63. The van der Waals surface area contributed by atoms with Crippen molar-refractivity contribution in [2.45, 2.75) is 12.1 Å². The fourth-order valence-electron chi connectivity index (χ4n) is 3.79. The van der Waals surface area contributed by atoms with Crippen LogP contribution in [0.2, 0.25) is 10.0 Å². The van der Waals surface area contributed by atoms with E-state index >= 15 is 0 Å². The highest BCUT2D eigenvalue weighted by atomic mass is 35.5. The van der Waals surface area contributed by atoms with Crippen molar-refractivity contribution in [1.29, 1.82) is 0 Å². The molecular formula is C23H23Cl2N5O3. The summed E-state index contributed by atoms with van der Waals surface area (Å²) < 4.78 is 10.7. The normalized spacial score (nSPS) is 17.6. The Bertz CT molecular complexity index is 1190. The van der Waals surface area contributed by atoms with Gasteiger partial charge in [0.15, 0.2) is 0 Å². The van der Waals surface area contributed by atoms with Crippen LogP contribution in [0.15, 0.2) is 43.1 Å². The predicted molar refractivity (Wildman–Crippen MR) is 131 cm³/mol. The standard InChI is InChI=1S/C23H23Cl2N5O3/c1-4-19(31)28-15-10-26-11-16(15)30-23-27-9-13-7-12(5-6-14(13)29-23)20-21(24)17(32-2)8-18(33-3)22(20)25/h4-9,15-16,26H,1,10-11H2,2-3H3,(H,28,31)(H,27,29,30). The van der Waals surface area contributed by atoms with Gasteiger partial charge in [0, 0.05) is 36.3 Å². The average Bonchev–Trinajstić information content (AvgIpc) is 3.25. The third kappa shape index (κ3) is 4.68. The Morgan fingerprint density at radius 2 is 1.85 bits per heavy atom. The molecule has 1 aliphatic rings. The topological polar surface area (TPSA) is 97.4 Å². The summed E-state index contributed by atoms with van der Waals surface area (Å²) in [5, 5.41) is 11.1. The molecular weight excluding hydrogens is 465 g/mol. The molecule has 0 saturated carbocycles. The first kappa shape index (κ1) is 23.1. The molecule has 3 N–H and O–H groups in total. The molecule has 1 saturated heterocycles. The fourth-order valence-corrected chi connectivity index (χ4v) is 4.51. The van der Waals surface area contributed by atoms with E-state index in [1.54, 1.807) is 12.3 Å². The largest absolute Gasteiger partial charge is 0.495 e. The summed E-state index contributed by atoms with van der Waals surface area (Å²) in [6.07, 6.45) is 2.99. The molecule has 172 valence electrons. The van der Waals surface area contributed by atoms with Crippen molar-refractivity contribution in [2.75, 3.05) is 32.6 Å². The van der Waals surface area contributed by atoms with Crippen LogP contribution >= 0.6 is 23.2 Å². The van der Waals surface area contributed by atoms with Crippen LogP contribution in [0.25, 0.3) is 22.0 Å². The molecule has 2 aromatic carbocycles. The van der Waals surface area contributed by atoms with Crippen LogP contribution in [-0.2, 0) is 4.79 Å². The fraction of sp³-hybridized carbons (Fsp3) is 0.261. The Kier molecular flexibility index (Phi) is 6.88. The molecule has 1 aliphatic heterocycles. The summed E-state index contributed by atoms with van der Waals surface area (Å²) in [4.78, 5) is 20.7. The second kappa shape index (κ2) is 9.82. The van der Waals surface area contributed by atoms with Gasteiger partial charge in [-0.2, -0.15) is 0 Å². The highest BCUT2D eigenvalue weighted by molar-refractivity contribution is 6.41. The number of aromatic nitrogens is 2. The van der Waals surface area contributed by atoms with E-state index in [2.05, 4.69) is 32.5 Å². The number of carbonyl (C=O) groups excluding carboxylic acids is 1. The Morgan fingerprint density at radius 1 is 1.15 bits per heavy atom.